The number of aryl methyl sites for hydroxylation is 1. The third-order valence-electron chi connectivity index (χ3n) is 3.84. The van der Waals surface area contributed by atoms with Crippen LogP contribution in [-0.4, -0.2) is 19.1 Å². The zero-order valence-corrected chi connectivity index (χ0v) is 14.3. The molecule has 124 valence electrons. The van der Waals surface area contributed by atoms with E-state index in [1.807, 2.05) is 19.1 Å². The van der Waals surface area contributed by atoms with Crippen LogP contribution < -0.4 is 15.5 Å². The number of anilines is 3. The van der Waals surface area contributed by atoms with E-state index >= 15 is 0 Å². The average Bonchev–Trinajstić information content (AvgIpc) is 2.58. The molecular weight excluding hydrogens is 300 g/mol. The van der Waals surface area contributed by atoms with E-state index in [-0.39, 0.29) is 6.03 Å². The first-order chi connectivity index (χ1) is 11.6. The number of amides is 2. The fraction of sp³-hybridized carbons (Fsp3) is 0.263. The first kappa shape index (κ1) is 17.4. The Kier molecular flexibility index (Phi) is 5.80. The predicted molar refractivity (Wildman–Crippen MR) is 98.5 cm³/mol. The highest BCUT2D eigenvalue weighted by Crippen LogP contribution is 2.23. The van der Waals surface area contributed by atoms with Crippen LogP contribution in [0.3, 0.4) is 0 Å². The molecule has 0 bridgehead atoms. The van der Waals surface area contributed by atoms with E-state index in [2.05, 4.69) is 41.5 Å². The lowest BCUT2D eigenvalue weighted by Gasteiger charge is -2.22. The monoisotopic (exact) mass is 322 g/mol. The van der Waals surface area contributed by atoms with E-state index in [4.69, 9.17) is 5.26 Å². The molecule has 0 atom stereocenters. The highest BCUT2D eigenvalue weighted by atomic mass is 16.2. The molecule has 2 rings (SSSR count). The van der Waals surface area contributed by atoms with E-state index in [1.54, 1.807) is 24.3 Å². The summed E-state index contributed by atoms with van der Waals surface area (Å²) in [5.41, 5.74) is 4.00. The third kappa shape index (κ3) is 4.26. The van der Waals surface area contributed by atoms with Gasteiger partial charge in [0.25, 0.3) is 0 Å². The molecule has 0 aromatic heterocycles. The Morgan fingerprint density at radius 1 is 1.12 bits per heavy atom. The number of hydrogen-bond acceptors (Lipinski definition) is 3. The van der Waals surface area contributed by atoms with Gasteiger partial charge in [-0.1, -0.05) is 6.07 Å². The maximum Gasteiger partial charge on any atom is 0.323 e. The molecule has 5 nitrogen and oxygen atoms in total. The molecule has 0 spiro atoms. The molecule has 2 aromatic carbocycles. The van der Waals surface area contributed by atoms with Gasteiger partial charge in [0.1, 0.15) is 0 Å². The number of carbonyl (C=O) groups excluding carboxylic acids is 1. The Hall–Kier alpha value is -3.00. The minimum atomic E-state index is -0.330. The summed E-state index contributed by atoms with van der Waals surface area (Å²) in [5.74, 6) is 0. The van der Waals surface area contributed by atoms with Gasteiger partial charge in [-0.2, -0.15) is 5.26 Å². The minimum absolute atomic E-state index is 0.330. The van der Waals surface area contributed by atoms with Crippen molar-refractivity contribution in [2.45, 2.75) is 20.8 Å². The quantitative estimate of drug-likeness (QED) is 0.859. The molecule has 0 heterocycles. The SMILES string of the molecule is CCN(CC)c1ccc(NC(=O)Nc2cccc(C#N)c2)c(C)c1. The van der Waals surface area contributed by atoms with Crippen LogP contribution in [0.5, 0.6) is 0 Å². The van der Waals surface area contributed by atoms with Crippen LogP contribution in [0.15, 0.2) is 42.5 Å². The van der Waals surface area contributed by atoms with Gasteiger partial charge in [0.05, 0.1) is 11.6 Å². The van der Waals surface area contributed by atoms with Crippen LogP contribution in [0.2, 0.25) is 0 Å². The number of nitrogens with one attached hydrogen (secondary N) is 2. The van der Waals surface area contributed by atoms with Crippen molar-refractivity contribution >= 4 is 23.1 Å². The largest absolute Gasteiger partial charge is 0.372 e. The molecule has 2 N–H and O–H groups in total. The van der Waals surface area contributed by atoms with Gasteiger partial charge in [-0.3, -0.25) is 0 Å². The summed E-state index contributed by atoms with van der Waals surface area (Å²) in [5, 5.41) is 14.5. The lowest BCUT2D eigenvalue weighted by Crippen LogP contribution is -2.22. The molecule has 24 heavy (non-hydrogen) atoms. The zero-order chi connectivity index (χ0) is 17.5. The number of carbonyl (C=O) groups is 1. The van der Waals surface area contributed by atoms with Crippen molar-refractivity contribution in [2.75, 3.05) is 28.6 Å². The second-order valence-corrected chi connectivity index (χ2v) is 5.44. The van der Waals surface area contributed by atoms with Gasteiger partial charge in [0.15, 0.2) is 0 Å². The predicted octanol–water partition coefficient (Wildman–Crippen LogP) is 4.36. The molecule has 0 aliphatic heterocycles. The first-order valence-corrected chi connectivity index (χ1v) is 8.01. The van der Waals surface area contributed by atoms with Crippen LogP contribution in [-0.2, 0) is 0 Å². The molecule has 2 aromatic rings. The van der Waals surface area contributed by atoms with Gasteiger partial charge in [0, 0.05) is 30.2 Å². The van der Waals surface area contributed by atoms with Crippen molar-refractivity contribution in [1.82, 2.24) is 0 Å². The molecular formula is C19H22N4O. The lowest BCUT2D eigenvalue weighted by molar-refractivity contribution is 0.262. The lowest BCUT2D eigenvalue weighted by atomic mass is 10.1. The summed E-state index contributed by atoms with van der Waals surface area (Å²) in [4.78, 5) is 14.4. The Labute approximate surface area is 142 Å². The maximum atomic E-state index is 12.1. The normalized spacial score (nSPS) is 9.92. The fourth-order valence-electron chi connectivity index (χ4n) is 2.52. The Morgan fingerprint density at radius 2 is 1.88 bits per heavy atom. The highest BCUT2D eigenvalue weighted by Gasteiger charge is 2.08. The van der Waals surface area contributed by atoms with Crippen molar-refractivity contribution < 1.29 is 4.79 Å². The molecule has 0 aliphatic carbocycles. The second kappa shape index (κ2) is 8.02. The summed E-state index contributed by atoms with van der Waals surface area (Å²) >= 11 is 0. The second-order valence-electron chi connectivity index (χ2n) is 5.44. The standard InChI is InChI=1S/C19H22N4O/c1-4-23(5-2)17-9-10-18(14(3)11-17)22-19(24)21-16-8-6-7-15(12-16)13-20/h6-12H,4-5H2,1-3H3,(H2,21,22,24). The number of hydrogen-bond donors (Lipinski definition) is 2. The molecule has 0 unspecified atom stereocenters. The molecule has 2 amide bonds. The van der Waals surface area contributed by atoms with E-state index in [1.165, 1.54) is 0 Å². The fourth-order valence-corrected chi connectivity index (χ4v) is 2.52. The van der Waals surface area contributed by atoms with Gasteiger partial charge in [-0.25, -0.2) is 4.79 Å². The van der Waals surface area contributed by atoms with Crippen LogP contribution in [0.1, 0.15) is 25.0 Å². The molecule has 5 heteroatoms. The maximum absolute atomic E-state index is 12.1. The summed E-state index contributed by atoms with van der Waals surface area (Å²) in [6.45, 7) is 8.09. The van der Waals surface area contributed by atoms with E-state index in [0.717, 1.165) is 30.0 Å². The summed E-state index contributed by atoms with van der Waals surface area (Å²) in [6, 6.07) is 14.5. The Balaban J connectivity index is 2.07. The number of rotatable bonds is 5. The zero-order valence-electron chi connectivity index (χ0n) is 14.3. The van der Waals surface area contributed by atoms with Gasteiger partial charge in [0.2, 0.25) is 0 Å². The smallest absolute Gasteiger partial charge is 0.323 e. The van der Waals surface area contributed by atoms with Gasteiger partial charge < -0.3 is 15.5 Å². The van der Waals surface area contributed by atoms with Gasteiger partial charge in [-0.05, 0) is 62.7 Å². The third-order valence-corrected chi connectivity index (χ3v) is 3.84. The molecule has 0 aliphatic rings. The number of nitriles is 1. The van der Waals surface area contributed by atoms with E-state index in [9.17, 15) is 4.79 Å². The topological polar surface area (TPSA) is 68.2 Å². The molecule has 0 saturated heterocycles. The molecule has 0 saturated carbocycles. The minimum Gasteiger partial charge on any atom is -0.372 e. The molecule has 0 fully saturated rings. The van der Waals surface area contributed by atoms with E-state index in [0.29, 0.717) is 11.3 Å². The molecule has 0 radical (unpaired) electrons. The van der Waals surface area contributed by atoms with Crippen molar-refractivity contribution in [3.05, 3.63) is 53.6 Å². The van der Waals surface area contributed by atoms with Gasteiger partial charge >= 0.3 is 6.03 Å². The number of nitrogens with zero attached hydrogens (tertiary/aromatic N) is 2. The van der Waals surface area contributed by atoms with E-state index < -0.39 is 0 Å². The van der Waals surface area contributed by atoms with Crippen molar-refractivity contribution in [3.8, 4) is 6.07 Å². The summed E-state index contributed by atoms with van der Waals surface area (Å²) in [6.07, 6.45) is 0. The number of benzene rings is 2. The Morgan fingerprint density at radius 3 is 2.50 bits per heavy atom. The first-order valence-electron chi connectivity index (χ1n) is 8.01. The average molecular weight is 322 g/mol. The van der Waals surface area contributed by atoms with Gasteiger partial charge in [-0.15, -0.1) is 0 Å². The van der Waals surface area contributed by atoms with Crippen LogP contribution in [0.4, 0.5) is 21.9 Å². The van der Waals surface area contributed by atoms with Crippen LogP contribution in [0, 0.1) is 18.3 Å². The van der Waals surface area contributed by atoms with Crippen molar-refractivity contribution in [1.29, 1.82) is 5.26 Å². The van der Waals surface area contributed by atoms with Crippen molar-refractivity contribution in [2.24, 2.45) is 0 Å². The van der Waals surface area contributed by atoms with Crippen LogP contribution in [0.25, 0.3) is 0 Å². The van der Waals surface area contributed by atoms with Crippen LogP contribution >= 0.6 is 0 Å². The Bertz CT molecular complexity index is 760. The highest BCUT2D eigenvalue weighted by molar-refractivity contribution is 6.00. The summed E-state index contributed by atoms with van der Waals surface area (Å²) in [7, 11) is 0. The summed E-state index contributed by atoms with van der Waals surface area (Å²) < 4.78 is 0. The number of urea groups is 1. The van der Waals surface area contributed by atoms with Crippen molar-refractivity contribution in [3.63, 3.8) is 0 Å².